The number of furan rings is 1. The maximum atomic E-state index is 13.0. The molecule has 1 aliphatic rings. The smallest absolute Gasteiger partial charge is 0.263 e. The standard InChI is InChI=1S/C19H18N2O4/c1-12-11-24-16-7-4-3-6-15(16)21(12)18(22)10-14-13(2)25-19(20-14)17-8-5-9-23-17/h3-9,12H,10-11H2,1-2H3. The zero-order valence-electron chi connectivity index (χ0n) is 14.1. The third kappa shape index (κ3) is 2.80. The number of hydrogen-bond donors (Lipinski definition) is 0. The number of aromatic nitrogens is 1. The van der Waals surface area contributed by atoms with Crippen molar-refractivity contribution < 1.29 is 18.4 Å². The SMILES string of the molecule is Cc1oc(-c2ccco2)nc1CC(=O)N1c2ccccc2OCC1C. The largest absolute Gasteiger partial charge is 0.489 e. The molecule has 25 heavy (non-hydrogen) atoms. The number of aryl methyl sites for hydroxylation is 1. The number of carbonyl (C=O) groups is 1. The molecule has 1 unspecified atom stereocenters. The van der Waals surface area contributed by atoms with Gasteiger partial charge < -0.3 is 18.5 Å². The number of hydrogen-bond acceptors (Lipinski definition) is 5. The summed E-state index contributed by atoms with van der Waals surface area (Å²) in [7, 11) is 0. The number of rotatable bonds is 3. The van der Waals surface area contributed by atoms with Crippen molar-refractivity contribution in [2.75, 3.05) is 11.5 Å². The van der Waals surface area contributed by atoms with Gasteiger partial charge in [-0.15, -0.1) is 0 Å². The minimum atomic E-state index is -0.0425. The van der Waals surface area contributed by atoms with E-state index < -0.39 is 0 Å². The summed E-state index contributed by atoms with van der Waals surface area (Å²) in [6.07, 6.45) is 1.72. The predicted molar refractivity (Wildman–Crippen MR) is 91.5 cm³/mol. The Labute approximate surface area is 145 Å². The second-order valence-electron chi connectivity index (χ2n) is 6.07. The van der Waals surface area contributed by atoms with Crippen molar-refractivity contribution >= 4 is 11.6 Å². The average Bonchev–Trinajstić information content (AvgIpc) is 3.25. The topological polar surface area (TPSA) is 68.7 Å². The molecular weight excluding hydrogens is 320 g/mol. The first-order chi connectivity index (χ1) is 12.1. The van der Waals surface area contributed by atoms with Gasteiger partial charge in [0.15, 0.2) is 5.76 Å². The molecular formula is C19H18N2O4. The zero-order valence-corrected chi connectivity index (χ0v) is 14.1. The van der Waals surface area contributed by atoms with Gasteiger partial charge in [-0.05, 0) is 38.1 Å². The summed E-state index contributed by atoms with van der Waals surface area (Å²) < 4.78 is 16.7. The average molecular weight is 338 g/mol. The van der Waals surface area contributed by atoms with Crippen LogP contribution in [0.1, 0.15) is 18.4 Å². The first-order valence-electron chi connectivity index (χ1n) is 8.17. The van der Waals surface area contributed by atoms with Crippen LogP contribution >= 0.6 is 0 Å². The van der Waals surface area contributed by atoms with Crippen LogP contribution in [0.5, 0.6) is 5.75 Å². The van der Waals surface area contributed by atoms with Gasteiger partial charge in [0.2, 0.25) is 5.91 Å². The molecule has 6 heteroatoms. The Morgan fingerprint density at radius 1 is 1.28 bits per heavy atom. The molecule has 0 spiro atoms. The number of benzene rings is 1. The summed E-state index contributed by atoms with van der Waals surface area (Å²) in [6, 6.07) is 11.1. The Kier molecular flexibility index (Phi) is 3.80. The van der Waals surface area contributed by atoms with E-state index in [-0.39, 0.29) is 18.4 Å². The van der Waals surface area contributed by atoms with Crippen molar-refractivity contribution in [2.24, 2.45) is 0 Å². The number of amides is 1. The van der Waals surface area contributed by atoms with Gasteiger partial charge in [-0.2, -0.15) is 0 Å². The molecule has 0 bridgehead atoms. The van der Waals surface area contributed by atoms with E-state index in [9.17, 15) is 4.79 Å². The van der Waals surface area contributed by atoms with Gasteiger partial charge in [0.1, 0.15) is 18.1 Å². The highest BCUT2D eigenvalue weighted by Crippen LogP contribution is 2.34. The molecule has 1 atom stereocenters. The molecule has 128 valence electrons. The second-order valence-corrected chi connectivity index (χ2v) is 6.07. The van der Waals surface area contributed by atoms with Crippen LogP contribution in [0.4, 0.5) is 5.69 Å². The predicted octanol–water partition coefficient (Wildman–Crippen LogP) is 3.60. The van der Waals surface area contributed by atoms with Gasteiger partial charge in [-0.3, -0.25) is 4.79 Å². The van der Waals surface area contributed by atoms with Crippen LogP contribution < -0.4 is 9.64 Å². The Bertz CT molecular complexity index is 898. The lowest BCUT2D eigenvalue weighted by molar-refractivity contribution is -0.118. The minimum Gasteiger partial charge on any atom is -0.489 e. The Hall–Kier alpha value is -3.02. The maximum Gasteiger partial charge on any atom is 0.263 e. The summed E-state index contributed by atoms with van der Waals surface area (Å²) in [5, 5.41) is 0. The van der Waals surface area contributed by atoms with Crippen LogP contribution in [0, 0.1) is 6.92 Å². The first-order valence-corrected chi connectivity index (χ1v) is 8.17. The Morgan fingerprint density at radius 3 is 2.92 bits per heavy atom. The monoisotopic (exact) mass is 338 g/mol. The minimum absolute atomic E-state index is 0.0364. The molecule has 0 aliphatic carbocycles. The highest BCUT2D eigenvalue weighted by molar-refractivity contribution is 5.97. The van der Waals surface area contributed by atoms with Crippen molar-refractivity contribution in [1.29, 1.82) is 0 Å². The van der Waals surface area contributed by atoms with Gasteiger partial charge >= 0.3 is 0 Å². The second kappa shape index (κ2) is 6.12. The summed E-state index contributed by atoms with van der Waals surface area (Å²) in [4.78, 5) is 19.2. The molecule has 2 aromatic heterocycles. The van der Waals surface area contributed by atoms with E-state index in [2.05, 4.69) is 4.98 Å². The highest BCUT2D eigenvalue weighted by Gasteiger charge is 2.30. The van der Waals surface area contributed by atoms with E-state index >= 15 is 0 Å². The number of anilines is 1. The lowest BCUT2D eigenvalue weighted by Gasteiger charge is -2.35. The van der Waals surface area contributed by atoms with Crippen molar-refractivity contribution in [3.05, 3.63) is 54.1 Å². The molecule has 0 saturated carbocycles. The van der Waals surface area contributed by atoms with Crippen LogP contribution in [-0.2, 0) is 11.2 Å². The fourth-order valence-electron chi connectivity index (χ4n) is 3.01. The highest BCUT2D eigenvalue weighted by atomic mass is 16.5. The van der Waals surface area contributed by atoms with E-state index in [4.69, 9.17) is 13.6 Å². The van der Waals surface area contributed by atoms with Crippen molar-refractivity contribution in [3.63, 3.8) is 0 Å². The molecule has 1 amide bonds. The van der Waals surface area contributed by atoms with Gasteiger partial charge in [-0.1, -0.05) is 12.1 Å². The van der Waals surface area contributed by atoms with Crippen LogP contribution in [0.3, 0.4) is 0 Å². The number of oxazole rings is 1. The fraction of sp³-hybridized carbons (Fsp3) is 0.263. The van der Waals surface area contributed by atoms with Gasteiger partial charge in [0.05, 0.1) is 30.1 Å². The van der Waals surface area contributed by atoms with Gasteiger partial charge in [0.25, 0.3) is 5.89 Å². The van der Waals surface area contributed by atoms with Crippen LogP contribution in [0.15, 0.2) is 51.5 Å². The molecule has 3 aromatic rings. The summed E-state index contributed by atoms with van der Waals surface area (Å²) in [5.41, 5.74) is 1.41. The zero-order chi connectivity index (χ0) is 17.4. The third-order valence-corrected chi connectivity index (χ3v) is 4.26. The van der Waals surface area contributed by atoms with Crippen LogP contribution in [0.25, 0.3) is 11.7 Å². The Balaban J connectivity index is 1.60. The van der Waals surface area contributed by atoms with E-state index in [1.165, 1.54) is 0 Å². The molecule has 1 aromatic carbocycles. The summed E-state index contributed by atoms with van der Waals surface area (Å²) in [5.74, 6) is 2.24. The van der Waals surface area contributed by atoms with Crippen molar-refractivity contribution in [1.82, 2.24) is 4.98 Å². The summed E-state index contributed by atoms with van der Waals surface area (Å²) in [6.45, 7) is 4.24. The van der Waals surface area contributed by atoms with E-state index in [1.807, 2.05) is 31.2 Å². The fourth-order valence-corrected chi connectivity index (χ4v) is 3.01. The molecule has 0 radical (unpaired) electrons. The van der Waals surface area contributed by atoms with E-state index in [0.29, 0.717) is 29.7 Å². The normalized spacial score (nSPS) is 16.4. The van der Waals surface area contributed by atoms with Gasteiger partial charge in [-0.25, -0.2) is 4.98 Å². The molecule has 0 fully saturated rings. The number of ether oxygens (including phenoxy) is 1. The number of nitrogens with zero attached hydrogens (tertiary/aromatic N) is 2. The quantitative estimate of drug-likeness (QED) is 0.730. The molecule has 0 N–H and O–H groups in total. The number of para-hydroxylation sites is 2. The van der Waals surface area contributed by atoms with Crippen molar-refractivity contribution in [2.45, 2.75) is 26.3 Å². The molecule has 4 rings (SSSR count). The maximum absolute atomic E-state index is 13.0. The Morgan fingerprint density at radius 2 is 2.12 bits per heavy atom. The first kappa shape index (κ1) is 15.5. The van der Waals surface area contributed by atoms with E-state index in [1.54, 1.807) is 30.2 Å². The lowest BCUT2D eigenvalue weighted by Crippen LogP contribution is -2.45. The summed E-state index contributed by atoms with van der Waals surface area (Å²) >= 11 is 0. The lowest BCUT2D eigenvalue weighted by atomic mass is 10.1. The van der Waals surface area contributed by atoms with Gasteiger partial charge in [0, 0.05) is 0 Å². The third-order valence-electron chi connectivity index (χ3n) is 4.26. The molecule has 3 heterocycles. The van der Waals surface area contributed by atoms with Crippen molar-refractivity contribution in [3.8, 4) is 17.4 Å². The molecule has 0 saturated heterocycles. The molecule has 1 aliphatic heterocycles. The number of fused-ring (bicyclic) bond motifs is 1. The van der Waals surface area contributed by atoms with E-state index in [0.717, 1.165) is 11.4 Å². The number of carbonyl (C=O) groups excluding carboxylic acids is 1. The molecule has 6 nitrogen and oxygen atoms in total. The van der Waals surface area contributed by atoms with Crippen LogP contribution in [-0.4, -0.2) is 23.5 Å². The van der Waals surface area contributed by atoms with Crippen LogP contribution in [0.2, 0.25) is 0 Å².